The number of anilines is 1. The second kappa shape index (κ2) is 7.22. The molecule has 114 valence electrons. The molecule has 2 rings (SSSR count). The normalized spacial score (nSPS) is 11.6. The summed E-state index contributed by atoms with van der Waals surface area (Å²) in [5, 5.41) is 5.62. The zero-order valence-corrected chi connectivity index (χ0v) is 14.0. The molecule has 0 unspecified atom stereocenters. The first kappa shape index (κ1) is 16.2. The zero-order valence-electron chi connectivity index (χ0n) is 12.4. The van der Waals surface area contributed by atoms with Crippen molar-refractivity contribution in [3.63, 3.8) is 0 Å². The topological polar surface area (TPSA) is 58.2 Å². The van der Waals surface area contributed by atoms with Crippen molar-refractivity contribution in [1.29, 1.82) is 0 Å². The molecule has 2 aromatic carbocycles. The molecular weight excluding hydrogens is 344 g/mol. The molecule has 0 heterocycles. The fraction of sp³-hybridized carbons (Fsp3) is 0.176. The number of hydrogen-bond donors (Lipinski definition) is 2. The van der Waals surface area contributed by atoms with Crippen LogP contribution in [0.5, 0.6) is 0 Å². The van der Waals surface area contributed by atoms with Gasteiger partial charge in [0.05, 0.1) is 6.04 Å². The Hall–Kier alpha value is -2.14. The van der Waals surface area contributed by atoms with Crippen LogP contribution in [0.1, 0.15) is 35.8 Å². The Morgan fingerprint density at radius 1 is 1.09 bits per heavy atom. The Balaban J connectivity index is 2.04. The van der Waals surface area contributed by atoms with Gasteiger partial charge < -0.3 is 10.6 Å². The Morgan fingerprint density at radius 2 is 1.77 bits per heavy atom. The molecule has 1 atom stereocenters. The van der Waals surface area contributed by atoms with Gasteiger partial charge in [0.25, 0.3) is 5.91 Å². The molecule has 0 spiro atoms. The van der Waals surface area contributed by atoms with Crippen molar-refractivity contribution in [2.24, 2.45) is 0 Å². The highest BCUT2D eigenvalue weighted by Crippen LogP contribution is 2.18. The minimum Gasteiger partial charge on any atom is -0.346 e. The third-order valence-corrected chi connectivity index (χ3v) is 3.66. The fourth-order valence-corrected chi connectivity index (χ4v) is 2.46. The first-order valence-corrected chi connectivity index (χ1v) is 7.69. The summed E-state index contributed by atoms with van der Waals surface area (Å²) in [5.41, 5.74) is 2.25. The van der Waals surface area contributed by atoms with Gasteiger partial charge in [-0.15, -0.1) is 0 Å². The Kier molecular flexibility index (Phi) is 5.33. The van der Waals surface area contributed by atoms with Crippen LogP contribution in [0.2, 0.25) is 0 Å². The number of rotatable bonds is 4. The van der Waals surface area contributed by atoms with Gasteiger partial charge in [0.15, 0.2) is 0 Å². The molecule has 0 saturated carbocycles. The SMILES string of the molecule is CC(=O)Nc1ccc(C(=O)N[C@@H](C)c2cccc(Br)c2)cc1. The van der Waals surface area contributed by atoms with E-state index < -0.39 is 0 Å². The molecule has 4 nitrogen and oxygen atoms in total. The van der Waals surface area contributed by atoms with Crippen molar-refractivity contribution in [3.8, 4) is 0 Å². The summed E-state index contributed by atoms with van der Waals surface area (Å²) >= 11 is 3.42. The molecule has 0 aromatic heterocycles. The lowest BCUT2D eigenvalue weighted by atomic mass is 10.1. The van der Waals surface area contributed by atoms with E-state index in [1.54, 1.807) is 24.3 Å². The molecule has 5 heteroatoms. The molecule has 0 saturated heterocycles. The van der Waals surface area contributed by atoms with Crippen molar-refractivity contribution in [1.82, 2.24) is 5.32 Å². The van der Waals surface area contributed by atoms with Crippen LogP contribution in [-0.4, -0.2) is 11.8 Å². The van der Waals surface area contributed by atoms with E-state index in [0.29, 0.717) is 11.3 Å². The van der Waals surface area contributed by atoms with E-state index in [4.69, 9.17) is 0 Å². The second-order valence-corrected chi connectivity index (χ2v) is 5.92. The maximum atomic E-state index is 12.2. The summed E-state index contributed by atoms with van der Waals surface area (Å²) < 4.78 is 0.978. The van der Waals surface area contributed by atoms with Crippen LogP contribution in [0.4, 0.5) is 5.69 Å². The molecule has 2 amide bonds. The summed E-state index contributed by atoms with van der Waals surface area (Å²) in [7, 11) is 0. The third kappa shape index (κ3) is 4.43. The summed E-state index contributed by atoms with van der Waals surface area (Å²) in [5.74, 6) is -0.290. The molecule has 0 aliphatic rings. The molecule has 0 bridgehead atoms. The highest BCUT2D eigenvalue weighted by atomic mass is 79.9. The summed E-state index contributed by atoms with van der Waals surface area (Å²) in [6.45, 7) is 3.38. The van der Waals surface area contributed by atoms with Crippen LogP contribution in [-0.2, 0) is 4.79 Å². The Bertz CT molecular complexity index is 683. The predicted molar refractivity (Wildman–Crippen MR) is 90.8 cm³/mol. The highest BCUT2D eigenvalue weighted by molar-refractivity contribution is 9.10. The fourth-order valence-electron chi connectivity index (χ4n) is 2.05. The summed E-state index contributed by atoms with van der Waals surface area (Å²) in [4.78, 5) is 23.2. The average Bonchev–Trinajstić information content (AvgIpc) is 2.47. The second-order valence-electron chi connectivity index (χ2n) is 5.01. The molecule has 0 aliphatic carbocycles. The maximum Gasteiger partial charge on any atom is 0.251 e. The van der Waals surface area contributed by atoms with Gasteiger partial charge in [0.2, 0.25) is 5.91 Å². The van der Waals surface area contributed by atoms with Crippen LogP contribution in [0, 0.1) is 0 Å². The van der Waals surface area contributed by atoms with Crippen LogP contribution in [0.3, 0.4) is 0 Å². The minimum absolute atomic E-state index is 0.0972. The van der Waals surface area contributed by atoms with Crippen LogP contribution in [0.15, 0.2) is 53.0 Å². The summed E-state index contributed by atoms with van der Waals surface area (Å²) in [6.07, 6.45) is 0. The predicted octanol–water partition coefficient (Wildman–Crippen LogP) is 3.90. The zero-order chi connectivity index (χ0) is 16.1. The lowest BCUT2D eigenvalue weighted by molar-refractivity contribution is -0.114. The average molecular weight is 361 g/mol. The monoisotopic (exact) mass is 360 g/mol. The Labute approximate surface area is 138 Å². The van der Waals surface area contributed by atoms with E-state index in [9.17, 15) is 9.59 Å². The number of nitrogens with one attached hydrogen (secondary N) is 2. The van der Waals surface area contributed by atoms with E-state index in [2.05, 4.69) is 26.6 Å². The highest BCUT2D eigenvalue weighted by Gasteiger charge is 2.11. The van der Waals surface area contributed by atoms with Gasteiger partial charge in [0, 0.05) is 22.6 Å². The molecular formula is C17H17BrN2O2. The third-order valence-electron chi connectivity index (χ3n) is 3.16. The molecule has 22 heavy (non-hydrogen) atoms. The van der Waals surface area contributed by atoms with E-state index in [1.165, 1.54) is 6.92 Å². The van der Waals surface area contributed by atoms with Crippen LogP contribution in [0.25, 0.3) is 0 Å². The van der Waals surface area contributed by atoms with E-state index >= 15 is 0 Å². The van der Waals surface area contributed by atoms with Gasteiger partial charge in [-0.05, 0) is 48.9 Å². The first-order chi connectivity index (χ1) is 10.5. The molecule has 0 fully saturated rings. The van der Waals surface area contributed by atoms with Crippen molar-refractivity contribution < 1.29 is 9.59 Å². The Morgan fingerprint density at radius 3 is 2.36 bits per heavy atom. The van der Waals surface area contributed by atoms with Crippen molar-refractivity contribution >= 4 is 33.4 Å². The van der Waals surface area contributed by atoms with Crippen LogP contribution < -0.4 is 10.6 Å². The van der Waals surface area contributed by atoms with E-state index in [1.807, 2.05) is 31.2 Å². The number of carbonyl (C=O) groups is 2. The maximum absolute atomic E-state index is 12.2. The van der Waals surface area contributed by atoms with Crippen LogP contribution >= 0.6 is 15.9 Å². The lowest BCUT2D eigenvalue weighted by Crippen LogP contribution is -2.26. The summed E-state index contributed by atoms with van der Waals surface area (Å²) in [6, 6.07) is 14.5. The number of amides is 2. The largest absolute Gasteiger partial charge is 0.346 e. The number of carbonyl (C=O) groups excluding carboxylic acids is 2. The number of hydrogen-bond acceptors (Lipinski definition) is 2. The van der Waals surface area contributed by atoms with Gasteiger partial charge in [0.1, 0.15) is 0 Å². The lowest BCUT2D eigenvalue weighted by Gasteiger charge is -2.15. The van der Waals surface area contributed by atoms with Gasteiger partial charge in [-0.1, -0.05) is 28.1 Å². The standard InChI is InChI=1S/C17H17BrN2O2/c1-11(14-4-3-5-15(18)10-14)19-17(22)13-6-8-16(9-7-13)20-12(2)21/h3-11H,1-2H3,(H,19,22)(H,20,21)/t11-/m0/s1. The molecule has 0 aliphatic heterocycles. The number of halogens is 1. The van der Waals surface area contributed by atoms with E-state index in [0.717, 1.165) is 10.0 Å². The minimum atomic E-state index is -0.151. The first-order valence-electron chi connectivity index (χ1n) is 6.89. The van der Waals surface area contributed by atoms with Gasteiger partial charge in [-0.3, -0.25) is 9.59 Å². The quantitative estimate of drug-likeness (QED) is 0.868. The van der Waals surface area contributed by atoms with Crippen molar-refractivity contribution in [2.45, 2.75) is 19.9 Å². The van der Waals surface area contributed by atoms with E-state index in [-0.39, 0.29) is 17.9 Å². The van der Waals surface area contributed by atoms with Gasteiger partial charge in [-0.2, -0.15) is 0 Å². The smallest absolute Gasteiger partial charge is 0.251 e. The van der Waals surface area contributed by atoms with Gasteiger partial charge >= 0.3 is 0 Å². The van der Waals surface area contributed by atoms with Crippen molar-refractivity contribution in [3.05, 3.63) is 64.1 Å². The van der Waals surface area contributed by atoms with Crippen molar-refractivity contribution in [2.75, 3.05) is 5.32 Å². The number of benzene rings is 2. The molecule has 0 radical (unpaired) electrons. The molecule has 2 aromatic rings. The molecule has 2 N–H and O–H groups in total. The van der Waals surface area contributed by atoms with Gasteiger partial charge in [-0.25, -0.2) is 0 Å².